The fourth-order valence-corrected chi connectivity index (χ4v) is 3.00. The molecule has 4 heteroatoms. The van der Waals surface area contributed by atoms with E-state index in [4.69, 9.17) is 4.74 Å². The highest BCUT2D eigenvalue weighted by Gasteiger charge is 2.25. The highest BCUT2D eigenvalue weighted by atomic mass is 16.6. The van der Waals surface area contributed by atoms with E-state index in [0.29, 0.717) is 6.04 Å². The van der Waals surface area contributed by atoms with Crippen LogP contribution in [0.15, 0.2) is 18.2 Å². The molecule has 0 saturated carbocycles. The van der Waals surface area contributed by atoms with Crippen LogP contribution in [0, 0.1) is 13.8 Å². The van der Waals surface area contributed by atoms with Gasteiger partial charge in [-0.3, -0.25) is 0 Å². The largest absolute Gasteiger partial charge is 0.444 e. The van der Waals surface area contributed by atoms with E-state index in [9.17, 15) is 4.79 Å². The number of hydrogen-bond donors (Lipinski definition) is 1. The van der Waals surface area contributed by atoms with E-state index in [0.717, 1.165) is 32.4 Å². The van der Waals surface area contributed by atoms with E-state index in [2.05, 4.69) is 37.4 Å². The number of nitrogens with one attached hydrogen (secondary N) is 1. The van der Waals surface area contributed by atoms with Crippen LogP contribution in [0.2, 0.25) is 0 Å². The molecule has 0 spiro atoms. The minimum atomic E-state index is -0.431. The van der Waals surface area contributed by atoms with Crippen LogP contribution in [0.5, 0.6) is 0 Å². The third-order valence-electron chi connectivity index (χ3n) is 4.21. The van der Waals surface area contributed by atoms with Crippen molar-refractivity contribution in [3.63, 3.8) is 0 Å². The summed E-state index contributed by atoms with van der Waals surface area (Å²) in [6, 6.07) is 6.77. The Bertz CT molecular complexity index is 529. The second-order valence-electron chi connectivity index (χ2n) is 7.51. The lowest BCUT2D eigenvalue weighted by Gasteiger charge is -2.26. The zero-order valence-corrected chi connectivity index (χ0v) is 15.1. The van der Waals surface area contributed by atoms with Gasteiger partial charge in [0.25, 0.3) is 0 Å². The predicted octanol–water partition coefficient (Wildman–Crippen LogP) is 4.50. The number of nitrogens with zero attached hydrogens (tertiary/aromatic N) is 1. The third kappa shape index (κ3) is 5.15. The van der Waals surface area contributed by atoms with Crippen LogP contribution >= 0.6 is 0 Å². The average molecular weight is 318 g/mol. The molecule has 1 aliphatic heterocycles. The first-order chi connectivity index (χ1) is 10.8. The zero-order chi connectivity index (χ0) is 17.0. The lowest BCUT2D eigenvalue weighted by molar-refractivity contribution is 0.0256. The number of para-hydroxylation sites is 1. The van der Waals surface area contributed by atoms with Gasteiger partial charge in [0.1, 0.15) is 5.60 Å². The average Bonchev–Trinajstić information content (AvgIpc) is 2.67. The van der Waals surface area contributed by atoms with Gasteiger partial charge in [0.15, 0.2) is 0 Å². The van der Waals surface area contributed by atoms with Crippen molar-refractivity contribution >= 4 is 11.8 Å². The van der Waals surface area contributed by atoms with Gasteiger partial charge in [-0.25, -0.2) is 4.79 Å². The summed E-state index contributed by atoms with van der Waals surface area (Å²) in [5, 5.41) is 3.69. The molecule has 1 aliphatic rings. The van der Waals surface area contributed by atoms with Crippen molar-refractivity contribution in [2.75, 3.05) is 18.4 Å². The van der Waals surface area contributed by atoms with E-state index < -0.39 is 5.60 Å². The van der Waals surface area contributed by atoms with Crippen molar-refractivity contribution in [1.82, 2.24) is 4.90 Å². The molecule has 128 valence electrons. The number of hydrogen-bond acceptors (Lipinski definition) is 3. The minimum absolute atomic E-state index is 0.190. The van der Waals surface area contributed by atoms with Crippen molar-refractivity contribution in [2.45, 2.75) is 65.5 Å². The molecule has 1 unspecified atom stereocenters. The molecule has 0 aliphatic carbocycles. The van der Waals surface area contributed by atoms with Gasteiger partial charge in [0.05, 0.1) is 0 Å². The summed E-state index contributed by atoms with van der Waals surface area (Å²) in [4.78, 5) is 14.1. The van der Waals surface area contributed by atoms with Gasteiger partial charge < -0.3 is 15.0 Å². The molecule has 1 heterocycles. The highest BCUT2D eigenvalue weighted by molar-refractivity contribution is 5.68. The summed E-state index contributed by atoms with van der Waals surface area (Å²) in [6.45, 7) is 11.5. The molecule has 1 saturated heterocycles. The first-order valence-corrected chi connectivity index (χ1v) is 8.57. The minimum Gasteiger partial charge on any atom is -0.444 e. The molecule has 1 N–H and O–H groups in total. The van der Waals surface area contributed by atoms with Crippen molar-refractivity contribution in [2.24, 2.45) is 0 Å². The summed E-state index contributed by atoms with van der Waals surface area (Å²) in [5.41, 5.74) is 3.36. The predicted molar refractivity (Wildman–Crippen MR) is 95.0 cm³/mol. The second-order valence-corrected chi connectivity index (χ2v) is 7.51. The fourth-order valence-electron chi connectivity index (χ4n) is 3.00. The van der Waals surface area contributed by atoms with Crippen LogP contribution in [-0.2, 0) is 4.74 Å². The summed E-state index contributed by atoms with van der Waals surface area (Å²) >= 11 is 0. The van der Waals surface area contributed by atoms with E-state index in [-0.39, 0.29) is 6.09 Å². The maximum Gasteiger partial charge on any atom is 0.410 e. The van der Waals surface area contributed by atoms with Gasteiger partial charge in [-0.15, -0.1) is 0 Å². The van der Waals surface area contributed by atoms with E-state index >= 15 is 0 Å². The first-order valence-electron chi connectivity index (χ1n) is 8.57. The van der Waals surface area contributed by atoms with Gasteiger partial charge >= 0.3 is 6.09 Å². The fraction of sp³-hybridized carbons (Fsp3) is 0.632. The quantitative estimate of drug-likeness (QED) is 0.872. The number of anilines is 1. The molecular weight excluding hydrogens is 288 g/mol. The standard InChI is InChI=1S/C19H30N2O2/c1-14-8-6-9-15(2)17(14)20-16-10-7-12-21(13-11-16)18(22)23-19(3,4)5/h6,8-9,16,20H,7,10-13H2,1-5H3. The first kappa shape index (κ1) is 17.6. The van der Waals surface area contributed by atoms with Gasteiger partial charge in [0.2, 0.25) is 0 Å². The lowest BCUT2D eigenvalue weighted by atomic mass is 10.1. The number of carbonyl (C=O) groups is 1. The number of benzene rings is 1. The third-order valence-corrected chi connectivity index (χ3v) is 4.21. The molecule has 0 bridgehead atoms. The Hall–Kier alpha value is -1.71. The summed E-state index contributed by atoms with van der Waals surface area (Å²) in [7, 11) is 0. The van der Waals surface area contributed by atoms with Crippen LogP contribution in [0.25, 0.3) is 0 Å². The SMILES string of the molecule is Cc1cccc(C)c1NC1CCCN(C(=O)OC(C)(C)C)CC1. The molecule has 0 aromatic heterocycles. The normalized spacial score (nSPS) is 19.2. The molecule has 2 rings (SSSR count). The number of carbonyl (C=O) groups excluding carboxylic acids is 1. The Morgan fingerprint density at radius 2 is 1.83 bits per heavy atom. The number of aryl methyl sites for hydroxylation is 2. The Morgan fingerprint density at radius 1 is 1.17 bits per heavy atom. The summed E-state index contributed by atoms with van der Waals surface area (Å²) in [5.74, 6) is 0. The molecule has 1 atom stereocenters. The maximum absolute atomic E-state index is 12.2. The van der Waals surface area contributed by atoms with E-state index in [1.54, 1.807) is 0 Å². The Morgan fingerprint density at radius 3 is 2.43 bits per heavy atom. The van der Waals surface area contributed by atoms with Crippen LogP contribution in [0.1, 0.15) is 51.2 Å². The number of rotatable bonds is 2. The van der Waals surface area contributed by atoms with Crippen molar-refractivity contribution < 1.29 is 9.53 Å². The van der Waals surface area contributed by atoms with Crippen LogP contribution < -0.4 is 5.32 Å². The molecule has 1 fully saturated rings. The Kier molecular flexibility index (Phi) is 5.55. The number of amides is 1. The summed E-state index contributed by atoms with van der Waals surface area (Å²) < 4.78 is 5.49. The smallest absolute Gasteiger partial charge is 0.410 e. The highest BCUT2D eigenvalue weighted by Crippen LogP contribution is 2.24. The van der Waals surface area contributed by atoms with E-state index in [1.807, 2.05) is 25.7 Å². The van der Waals surface area contributed by atoms with Crippen molar-refractivity contribution in [3.05, 3.63) is 29.3 Å². The molecule has 23 heavy (non-hydrogen) atoms. The van der Waals surface area contributed by atoms with Crippen LogP contribution in [0.4, 0.5) is 10.5 Å². The van der Waals surface area contributed by atoms with Gasteiger partial charge in [0, 0.05) is 24.8 Å². The second kappa shape index (κ2) is 7.24. The Balaban J connectivity index is 1.95. The topological polar surface area (TPSA) is 41.6 Å². The summed E-state index contributed by atoms with van der Waals surface area (Å²) in [6.07, 6.45) is 2.84. The van der Waals surface area contributed by atoms with Gasteiger partial charge in [-0.2, -0.15) is 0 Å². The molecule has 1 amide bonds. The van der Waals surface area contributed by atoms with Gasteiger partial charge in [-0.05, 0) is 65.0 Å². The number of likely N-dealkylation sites (tertiary alicyclic amines) is 1. The monoisotopic (exact) mass is 318 g/mol. The van der Waals surface area contributed by atoms with Crippen LogP contribution in [-0.4, -0.2) is 35.7 Å². The zero-order valence-electron chi connectivity index (χ0n) is 15.1. The molecule has 4 nitrogen and oxygen atoms in total. The molecule has 1 aromatic rings. The molecule has 1 aromatic carbocycles. The van der Waals surface area contributed by atoms with Crippen LogP contribution in [0.3, 0.4) is 0 Å². The Labute approximate surface area is 140 Å². The van der Waals surface area contributed by atoms with Crippen molar-refractivity contribution in [3.8, 4) is 0 Å². The number of ether oxygens (including phenoxy) is 1. The van der Waals surface area contributed by atoms with Crippen molar-refractivity contribution in [1.29, 1.82) is 0 Å². The van der Waals surface area contributed by atoms with Gasteiger partial charge in [-0.1, -0.05) is 18.2 Å². The maximum atomic E-state index is 12.2. The lowest BCUT2D eigenvalue weighted by Crippen LogP contribution is -2.37. The van der Waals surface area contributed by atoms with E-state index in [1.165, 1.54) is 16.8 Å². The molecular formula is C19H30N2O2. The molecule has 0 radical (unpaired) electrons.